The van der Waals surface area contributed by atoms with Crippen LogP contribution in [0.15, 0.2) is 17.3 Å². The van der Waals surface area contributed by atoms with Crippen LogP contribution in [0.4, 0.5) is 0 Å². The van der Waals surface area contributed by atoms with Gasteiger partial charge in [0, 0.05) is 25.9 Å². The maximum absolute atomic E-state index is 10.6. The van der Waals surface area contributed by atoms with Crippen LogP contribution < -0.4 is 5.32 Å². The lowest BCUT2D eigenvalue weighted by atomic mass is 9.83. The Morgan fingerprint density at radius 3 is 3.00 bits per heavy atom. The predicted molar refractivity (Wildman–Crippen MR) is 53.7 cm³/mol. The van der Waals surface area contributed by atoms with Crippen molar-refractivity contribution in [2.75, 3.05) is 6.54 Å². The number of nitrogens with zero attached hydrogens (tertiary/aromatic N) is 1. The molecule has 1 unspecified atom stereocenters. The summed E-state index contributed by atoms with van der Waals surface area (Å²) in [7, 11) is 0. The van der Waals surface area contributed by atoms with Crippen LogP contribution >= 0.6 is 0 Å². The molecule has 0 aliphatic carbocycles. The largest absolute Gasteiger partial charge is 0.356 e. The van der Waals surface area contributed by atoms with Gasteiger partial charge in [-0.1, -0.05) is 13.0 Å². The number of nitrogens with one attached hydrogen (secondary N) is 1. The van der Waals surface area contributed by atoms with E-state index in [1.54, 1.807) is 6.92 Å². The topological polar surface area (TPSA) is 41.5 Å². The van der Waals surface area contributed by atoms with Gasteiger partial charge in [0.15, 0.2) is 0 Å². The molecule has 0 saturated carbocycles. The van der Waals surface area contributed by atoms with Gasteiger partial charge in [0.2, 0.25) is 5.91 Å². The Hall–Kier alpha value is -1.12. The van der Waals surface area contributed by atoms with Crippen LogP contribution in [0.25, 0.3) is 0 Å². The zero-order valence-electron chi connectivity index (χ0n) is 8.21. The molecule has 1 N–H and O–H groups in total. The number of hydrogen-bond acceptors (Lipinski definition) is 2. The molecule has 1 atom stereocenters. The summed E-state index contributed by atoms with van der Waals surface area (Å²) in [6, 6.07) is 0. The molecule has 1 amide bonds. The normalized spacial score (nSPS) is 26.0. The van der Waals surface area contributed by atoms with Crippen molar-refractivity contribution in [1.29, 1.82) is 0 Å². The molecule has 0 spiro atoms. The van der Waals surface area contributed by atoms with Gasteiger partial charge >= 0.3 is 0 Å². The van der Waals surface area contributed by atoms with Gasteiger partial charge in [0.1, 0.15) is 0 Å². The Balaban J connectivity index is 2.31. The monoisotopic (exact) mass is 180 g/mol. The van der Waals surface area contributed by atoms with Gasteiger partial charge in [-0.05, 0) is 18.3 Å². The molecule has 0 bridgehead atoms. The van der Waals surface area contributed by atoms with Crippen LogP contribution in [0.1, 0.15) is 26.7 Å². The summed E-state index contributed by atoms with van der Waals surface area (Å²) in [6.45, 7) is 4.46. The first-order valence-electron chi connectivity index (χ1n) is 4.56. The number of hydrogen-bond donors (Lipinski definition) is 1. The van der Waals surface area contributed by atoms with Crippen LogP contribution in [-0.2, 0) is 4.79 Å². The second-order valence-electron chi connectivity index (χ2n) is 3.74. The Morgan fingerprint density at radius 1 is 1.69 bits per heavy atom. The zero-order chi connectivity index (χ0) is 9.73. The van der Waals surface area contributed by atoms with Gasteiger partial charge in [-0.3, -0.25) is 9.79 Å². The molecule has 1 aliphatic rings. The number of rotatable bonds is 3. The molecule has 0 fully saturated rings. The Morgan fingerprint density at radius 2 is 2.46 bits per heavy atom. The van der Waals surface area contributed by atoms with Crippen LogP contribution in [0.5, 0.6) is 0 Å². The molecule has 3 nitrogen and oxygen atoms in total. The van der Waals surface area contributed by atoms with E-state index in [2.05, 4.69) is 23.3 Å². The van der Waals surface area contributed by atoms with E-state index in [9.17, 15) is 4.79 Å². The fraction of sp³-hybridized carbons (Fsp3) is 0.600. The van der Waals surface area contributed by atoms with Gasteiger partial charge in [0.05, 0.1) is 0 Å². The average Bonchev–Trinajstić information content (AvgIpc) is 2.04. The Labute approximate surface area is 78.9 Å². The highest BCUT2D eigenvalue weighted by atomic mass is 16.1. The number of allylic oxidation sites excluding steroid dienone is 1. The molecular formula is C10H16N2O. The maximum atomic E-state index is 10.6. The standard InChI is InChI=1S/C10H16N2O/c1-9(13)12-8-5-10(2)3-6-11-7-4-10/h3,6-7H,4-5,8H2,1-2H3,(H,12,13). The molecule has 1 heterocycles. The molecule has 13 heavy (non-hydrogen) atoms. The van der Waals surface area contributed by atoms with Gasteiger partial charge in [-0.15, -0.1) is 0 Å². The smallest absolute Gasteiger partial charge is 0.216 e. The number of carbonyl (C=O) groups excluding carboxylic acids is 1. The molecule has 72 valence electrons. The van der Waals surface area contributed by atoms with Crippen LogP contribution in [0.2, 0.25) is 0 Å². The molecule has 1 aliphatic heterocycles. The Kier molecular flexibility index (Phi) is 3.23. The second-order valence-corrected chi connectivity index (χ2v) is 3.74. The van der Waals surface area contributed by atoms with Crippen LogP contribution in [-0.4, -0.2) is 18.7 Å². The predicted octanol–water partition coefficient (Wildman–Crippen LogP) is 1.51. The van der Waals surface area contributed by atoms with Crippen molar-refractivity contribution < 1.29 is 4.79 Å². The third kappa shape index (κ3) is 3.40. The first-order valence-corrected chi connectivity index (χ1v) is 4.56. The van der Waals surface area contributed by atoms with Gasteiger partial charge in [0.25, 0.3) is 0 Å². The lowest BCUT2D eigenvalue weighted by Crippen LogP contribution is -2.27. The number of amides is 1. The molecule has 1 rings (SSSR count). The fourth-order valence-electron chi connectivity index (χ4n) is 1.32. The van der Waals surface area contributed by atoms with Crippen molar-refractivity contribution in [2.45, 2.75) is 26.7 Å². The fourth-order valence-corrected chi connectivity index (χ4v) is 1.32. The van der Waals surface area contributed by atoms with E-state index in [0.717, 1.165) is 19.4 Å². The molecule has 3 heteroatoms. The number of aliphatic imine (C=N–C) groups is 1. The molecule has 0 saturated heterocycles. The highest BCUT2D eigenvalue weighted by Gasteiger charge is 2.20. The van der Waals surface area contributed by atoms with Gasteiger partial charge in [-0.2, -0.15) is 0 Å². The SMILES string of the molecule is CC(=O)NCCC1(C)C=CN=CC1. The minimum Gasteiger partial charge on any atom is -0.356 e. The second kappa shape index (κ2) is 4.21. The average molecular weight is 180 g/mol. The van der Waals surface area contributed by atoms with E-state index in [-0.39, 0.29) is 11.3 Å². The highest BCUT2D eigenvalue weighted by Crippen LogP contribution is 2.28. The number of carbonyl (C=O) groups is 1. The molecular weight excluding hydrogens is 164 g/mol. The van der Waals surface area contributed by atoms with E-state index >= 15 is 0 Å². The van der Waals surface area contributed by atoms with E-state index in [1.807, 2.05) is 12.4 Å². The van der Waals surface area contributed by atoms with E-state index < -0.39 is 0 Å². The van der Waals surface area contributed by atoms with Crippen molar-refractivity contribution in [3.63, 3.8) is 0 Å². The molecule has 0 radical (unpaired) electrons. The summed E-state index contributed by atoms with van der Waals surface area (Å²) in [6.07, 6.45) is 7.79. The lowest BCUT2D eigenvalue weighted by molar-refractivity contribution is -0.119. The lowest BCUT2D eigenvalue weighted by Gasteiger charge is -2.25. The van der Waals surface area contributed by atoms with Crippen molar-refractivity contribution in [1.82, 2.24) is 5.32 Å². The third-order valence-corrected chi connectivity index (χ3v) is 2.30. The molecule has 0 aromatic heterocycles. The van der Waals surface area contributed by atoms with Crippen molar-refractivity contribution in [3.05, 3.63) is 12.3 Å². The van der Waals surface area contributed by atoms with Crippen LogP contribution in [0.3, 0.4) is 0 Å². The minimum absolute atomic E-state index is 0.0389. The summed E-state index contributed by atoms with van der Waals surface area (Å²) in [4.78, 5) is 14.7. The summed E-state index contributed by atoms with van der Waals surface area (Å²) in [5, 5.41) is 2.80. The Bertz CT molecular complexity index is 245. The van der Waals surface area contributed by atoms with Crippen LogP contribution in [0, 0.1) is 5.41 Å². The summed E-state index contributed by atoms with van der Waals surface area (Å²) in [5.41, 5.74) is 0.171. The minimum atomic E-state index is 0.0389. The maximum Gasteiger partial charge on any atom is 0.216 e. The first-order chi connectivity index (χ1) is 6.12. The van der Waals surface area contributed by atoms with E-state index in [0.29, 0.717) is 0 Å². The van der Waals surface area contributed by atoms with E-state index in [4.69, 9.17) is 0 Å². The summed E-state index contributed by atoms with van der Waals surface area (Å²) in [5.74, 6) is 0.0389. The van der Waals surface area contributed by atoms with Crippen molar-refractivity contribution >= 4 is 12.1 Å². The zero-order valence-corrected chi connectivity index (χ0v) is 8.21. The van der Waals surface area contributed by atoms with Crippen molar-refractivity contribution in [3.8, 4) is 0 Å². The molecule has 0 aromatic carbocycles. The highest BCUT2D eigenvalue weighted by molar-refractivity contribution is 5.72. The van der Waals surface area contributed by atoms with Gasteiger partial charge in [-0.25, -0.2) is 0 Å². The summed E-state index contributed by atoms with van der Waals surface area (Å²) < 4.78 is 0. The van der Waals surface area contributed by atoms with E-state index in [1.165, 1.54) is 0 Å². The van der Waals surface area contributed by atoms with Gasteiger partial charge < -0.3 is 5.32 Å². The first kappa shape index (κ1) is 9.96. The quantitative estimate of drug-likeness (QED) is 0.702. The van der Waals surface area contributed by atoms with Crippen molar-refractivity contribution in [2.24, 2.45) is 10.4 Å². The summed E-state index contributed by atoms with van der Waals surface area (Å²) >= 11 is 0. The molecule has 0 aromatic rings. The third-order valence-electron chi connectivity index (χ3n) is 2.30.